The summed E-state index contributed by atoms with van der Waals surface area (Å²) in [6.07, 6.45) is 2.11. The van der Waals surface area contributed by atoms with Crippen LogP contribution in [0.4, 0.5) is 0 Å². The number of benzene rings is 3. The minimum atomic E-state index is -0.551. The fourth-order valence-corrected chi connectivity index (χ4v) is 4.97. The van der Waals surface area contributed by atoms with Gasteiger partial charge in [-0.25, -0.2) is 5.01 Å². The number of para-hydroxylation sites is 1. The zero-order valence-corrected chi connectivity index (χ0v) is 18.1. The molecule has 0 saturated carbocycles. The largest absolute Gasteiger partial charge is 0.496 e. The van der Waals surface area contributed by atoms with Crippen molar-refractivity contribution in [2.75, 3.05) is 13.7 Å². The lowest BCUT2D eigenvalue weighted by Gasteiger charge is -2.40. The molecular formula is C26H22N4O3. The van der Waals surface area contributed by atoms with Crippen LogP contribution in [0.15, 0.2) is 65.8 Å². The molecule has 33 heavy (non-hydrogen) atoms. The number of carbonyl (C=O) groups is 2. The number of H-pyrrole nitrogens is 1. The van der Waals surface area contributed by atoms with E-state index < -0.39 is 6.04 Å². The van der Waals surface area contributed by atoms with Gasteiger partial charge in [0.1, 0.15) is 18.3 Å². The Morgan fingerprint density at radius 3 is 2.64 bits per heavy atom. The molecule has 0 aliphatic carbocycles. The highest BCUT2D eigenvalue weighted by atomic mass is 16.5. The molecule has 0 unspecified atom stereocenters. The minimum absolute atomic E-state index is 0.0749. The Morgan fingerprint density at radius 1 is 1.00 bits per heavy atom. The number of methoxy groups -OCH3 is 1. The number of hydrazone groups is 1. The van der Waals surface area contributed by atoms with E-state index in [0.717, 1.165) is 38.5 Å². The van der Waals surface area contributed by atoms with E-state index in [4.69, 9.17) is 4.74 Å². The molecular weight excluding hydrogens is 416 g/mol. The lowest BCUT2D eigenvalue weighted by atomic mass is 9.94. The maximum atomic E-state index is 13.4. The van der Waals surface area contributed by atoms with Crippen molar-refractivity contribution in [3.63, 3.8) is 0 Å². The lowest BCUT2D eigenvalue weighted by Crippen LogP contribution is -2.60. The second-order valence-electron chi connectivity index (χ2n) is 8.41. The van der Waals surface area contributed by atoms with Crippen LogP contribution in [0.25, 0.3) is 21.7 Å². The first kappa shape index (κ1) is 19.5. The Morgan fingerprint density at radius 2 is 1.79 bits per heavy atom. The normalized spacial score (nSPS) is 18.3. The SMILES string of the molecule is COc1ccc2ccccc2c1/C=N/N1CC(=O)N2Cc3[nH]c4ccccc4c3C[C@H]2C1=O. The number of ether oxygens (including phenoxy) is 1. The van der Waals surface area contributed by atoms with E-state index >= 15 is 0 Å². The number of carbonyl (C=O) groups excluding carboxylic acids is 2. The number of rotatable bonds is 3. The Kier molecular flexibility index (Phi) is 4.43. The van der Waals surface area contributed by atoms with Gasteiger partial charge in [-0.3, -0.25) is 9.59 Å². The van der Waals surface area contributed by atoms with Crippen LogP contribution in [0, 0.1) is 0 Å². The molecule has 2 amide bonds. The quantitative estimate of drug-likeness (QED) is 0.498. The summed E-state index contributed by atoms with van der Waals surface area (Å²) in [7, 11) is 1.61. The highest BCUT2D eigenvalue weighted by Gasteiger charge is 2.43. The third kappa shape index (κ3) is 3.08. The predicted molar refractivity (Wildman–Crippen MR) is 126 cm³/mol. The first-order valence-electron chi connectivity index (χ1n) is 10.9. The number of nitrogens with zero attached hydrogens (tertiary/aromatic N) is 3. The molecule has 1 atom stereocenters. The van der Waals surface area contributed by atoms with Crippen LogP contribution in [0.1, 0.15) is 16.8 Å². The molecule has 7 nitrogen and oxygen atoms in total. The number of nitrogens with one attached hydrogen (secondary N) is 1. The third-order valence-corrected chi connectivity index (χ3v) is 6.63. The van der Waals surface area contributed by atoms with Gasteiger partial charge in [0.25, 0.3) is 5.91 Å². The summed E-state index contributed by atoms with van der Waals surface area (Å²) in [6.45, 7) is 0.336. The molecule has 3 heterocycles. The van der Waals surface area contributed by atoms with Gasteiger partial charge >= 0.3 is 0 Å². The molecule has 4 aromatic rings. The second kappa shape index (κ2) is 7.48. The van der Waals surface area contributed by atoms with E-state index in [-0.39, 0.29) is 18.4 Å². The molecule has 0 radical (unpaired) electrons. The van der Waals surface area contributed by atoms with Crippen molar-refractivity contribution in [1.29, 1.82) is 0 Å². The topological polar surface area (TPSA) is 78.0 Å². The molecule has 7 heteroatoms. The van der Waals surface area contributed by atoms with Crippen molar-refractivity contribution in [2.24, 2.45) is 5.10 Å². The van der Waals surface area contributed by atoms with Gasteiger partial charge in [-0.05, 0) is 28.5 Å². The summed E-state index contributed by atoms with van der Waals surface area (Å²) >= 11 is 0. The number of hydrogen-bond acceptors (Lipinski definition) is 4. The zero-order chi connectivity index (χ0) is 22.5. The smallest absolute Gasteiger partial charge is 0.266 e. The van der Waals surface area contributed by atoms with E-state index in [2.05, 4.69) is 16.2 Å². The van der Waals surface area contributed by atoms with Gasteiger partial charge in [0.2, 0.25) is 5.91 Å². The molecule has 1 N–H and O–H groups in total. The molecule has 0 bridgehead atoms. The van der Waals surface area contributed by atoms with Gasteiger partial charge in [-0.1, -0.05) is 48.5 Å². The van der Waals surface area contributed by atoms with Gasteiger partial charge in [0, 0.05) is 28.6 Å². The molecule has 6 rings (SSSR count). The van der Waals surface area contributed by atoms with E-state index in [1.165, 1.54) is 5.01 Å². The van der Waals surface area contributed by atoms with E-state index in [9.17, 15) is 9.59 Å². The summed E-state index contributed by atoms with van der Waals surface area (Å²) in [5.74, 6) is 0.392. The van der Waals surface area contributed by atoms with Crippen LogP contribution >= 0.6 is 0 Å². The standard InChI is InChI=1S/C26H22N4O3/c1-33-24-11-10-16-6-2-3-7-17(16)20(24)13-27-30-15-25(31)29-14-22-19(12-23(29)26(30)32)18-8-4-5-9-21(18)28-22/h2-11,13,23,28H,12,14-15H2,1H3/b27-13+/t23-/m0/s1. The van der Waals surface area contributed by atoms with Crippen LogP contribution in [-0.4, -0.2) is 52.6 Å². The van der Waals surface area contributed by atoms with Crippen LogP contribution < -0.4 is 4.74 Å². The first-order chi connectivity index (χ1) is 16.1. The van der Waals surface area contributed by atoms with Crippen molar-refractivity contribution in [2.45, 2.75) is 19.0 Å². The highest BCUT2D eigenvalue weighted by Crippen LogP contribution is 2.33. The Labute approximate surface area is 190 Å². The fourth-order valence-electron chi connectivity index (χ4n) is 4.97. The molecule has 1 fully saturated rings. The second-order valence-corrected chi connectivity index (χ2v) is 8.41. The molecule has 1 aromatic heterocycles. The number of hydrogen-bond donors (Lipinski definition) is 1. The van der Waals surface area contributed by atoms with Crippen molar-refractivity contribution < 1.29 is 14.3 Å². The summed E-state index contributed by atoms with van der Waals surface area (Å²) in [4.78, 5) is 31.4. The average molecular weight is 438 g/mol. The molecule has 2 aliphatic heterocycles. The van der Waals surface area contributed by atoms with Crippen LogP contribution in [0.5, 0.6) is 5.75 Å². The fraction of sp³-hybridized carbons (Fsp3) is 0.192. The Hall–Kier alpha value is -4.13. The molecule has 3 aromatic carbocycles. The van der Waals surface area contributed by atoms with Crippen molar-refractivity contribution in [1.82, 2.24) is 14.9 Å². The van der Waals surface area contributed by atoms with E-state index in [1.54, 1.807) is 18.2 Å². The molecule has 164 valence electrons. The molecule has 2 aliphatic rings. The maximum Gasteiger partial charge on any atom is 0.266 e. The summed E-state index contributed by atoms with van der Waals surface area (Å²) in [5.41, 5.74) is 3.92. The Bertz CT molecular complexity index is 1450. The lowest BCUT2D eigenvalue weighted by molar-refractivity contribution is -0.157. The van der Waals surface area contributed by atoms with Crippen LogP contribution in [-0.2, 0) is 22.6 Å². The van der Waals surface area contributed by atoms with Crippen molar-refractivity contribution in [3.05, 3.63) is 77.5 Å². The monoisotopic (exact) mass is 438 g/mol. The first-order valence-corrected chi connectivity index (χ1v) is 10.9. The van der Waals surface area contributed by atoms with Crippen LogP contribution in [0.2, 0.25) is 0 Å². The van der Waals surface area contributed by atoms with Gasteiger partial charge in [0.15, 0.2) is 0 Å². The Balaban J connectivity index is 1.34. The maximum absolute atomic E-state index is 13.4. The number of piperazine rings is 1. The van der Waals surface area contributed by atoms with Crippen molar-refractivity contribution >= 4 is 39.7 Å². The zero-order valence-electron chi connectivity index (χ0n) is 18.1. The van der Waals surface area contributed by atoms with Gasteiger partial charge < -0.3 is 14.6 Å². The molecule has 0 spiro atoms. The van der Waals surface area contributed by atoms with Gasteiger partial charge in [-0.2, -0.15) is 5.10 Å². The number of aromatic nitrogens is 1. The third-order valence-electron chi connectivity index (χ3n) is 6.63. The number of aromatic amines is 1. The van der Waals surface area contributed by atoms with E-state index in [1.807, 2.05) is 54.6 Å². The predicted octanol–water partition coefficient (Wildman–Crippen LogP) is 3.46. The van der Waals surface area contributed by atoms with Gasteiger partial charge in [0.05, 0.1) is 19.9 Å². The van der Waals surface area contributed by atoms with Gasteiger partial charge in [-0.15, -0.1) is 0 Å². The number of amides is 2. The minimum Gasteiger partial charge on any atom is -0.496 e. The van der Waals surface area contributed by atoms with Crippen LogP contribution in [0.3, 0.4) is 0 Å². The number of fused-ring (bicyclic) bond motifs is 5. The van der Waals surface area contributed by atoms with Crippen molar-refractivity contribution in [3.8, 4) is 5.75 Å². The van der Waals surface area contributed by atoms with E-state index in [0.29, 0.717) is 18.7 Å². The average Bonchev–Trinajstić information content (AvgIpc) is 3.22. The highest BCUT2D eigenvalue weighted by molar-refractivity contribution is 6.03. The molecule has 1 saturated heterocycles. The summed E-state index contributed by atoms with van der Waals surface area (Å²) in [6, 6.07) is 19.3. The summed E-state index contributed by atoms with van der Waals surface area (Å²) < 4.78 is 5.52. The summed E-state index contributed by atoms with van der Waals surface area (Å²) in [5, 5.41) is 8.88.